The first-order valence-electron chi connectivity index (χ1n) is 8.75. The van der Waals surface area contributed by atoms with Gasteiger partial charge in [-0.1, -0.05) is 29.8 Å². The van der Waals surface area contributed by atoms with E-state index in [-0.39, 0.29) is 0 Å². The Morgan fingerprint density at radius 3 is 2.59 bits per heavy atom. The summed E-state index contributed by atoms with van der Waals surface area (Å²) in [6.45, 7) is 7.79. The first-order valence-corrected chi connectivity index (χ1v) is 10.2. The first-order chi connectivity index (χ1) is 13.0. The van der Waals surface area contributed by atoms with Gasteiger partial charge in [-0.2, -0.15) is 5.10 Å². The molecule has 7 heteroatoms. The Hall–Kier alpha value is -1.87. The van der Waals surface area contributed by atoms with E-state index in [9.17, 15) is 0 Å². The minimum absolute atomic E-state index is 0.488. The van der Waals surface area contributed by atoms with Crippen LogP contribution in [-0.2, 0) is 6.61 Å². The topological polar surface area (TPSA) is 54.9 Å². The van der Waals surface area contributed by atoms with Gasteiger partial charge in [0.25, 0.3) is 0 Å². The molecular formula is C20H24IN3O2S. The summed E-state index contributed by atoms with van der Waals surface area (Å²) < 4.78 is 12.8. The molecule has 0 atom stereocenters. The zero-order chi connectivity index (χ0) is 19.6. The summed E-state index contributed by atoms with van der Waals surface area (Å²) in [7, 11) is 0. The van der Waals surface area contributed by atoms with Gasteiger partial charge in [-0.05, 0) is 78.8 Å². The van der Waals surface area contributed by atoms with Crippen LogP contribution in [0.4, 0.5) is 0 Å². The Labute approximate surface area is 179 Å². The van der Waals surface area contributed by atoms with Crippen LogP contribution in [0.5, 0.6) is 11.5 Å². The van der Waals surface area contributed by atoms with E-state index in [2.05, 4.69) is 69.6 Å². The lowest BCUT2D eigenvalue weighted by molar-refractivity contribution is 0.267. The maximum Gasteiger partial charge on any atom is 0.186 e. The third-order valence-corrected chi connectivity index (χ3v) is 4.59. The first kappa shape index (κ1) is 21.4. The number of thiocarbonyl (C=S) groups is 1. The normalized spacial score (nSPS) is 10.7. The summed E-state index contributed by atoms with van der Waals surface area (Å²) in [6, 6.07) is 12.2. The maximum absolute atomic E-state index is 6.05. The van der Waals surface area contributed by atoms with E-state index in [4.69, 9.17) is 21.7 Å². The van der Waals surface area contributed by atoms with E-state index < -0.39 is 0 Å². The van der Waals surface area contributed by atoms with Crippen molar-refractivity contribution < 1.29 is 9.47 Å². The molecule has 0 aliphatic carbocycles. The van der Waals surface area contributed by atoms with E-state index >= 15 is 0 Å². The fourth-order valence-electron chi connectivity index (χ4n) is 2.27. The number of nitrogens with one attached hydrogen (secondary N) is 2. The van der Waals surface area contributed by atoms with Crippen molar-refractivity contribution in [1.82, 2.24) is 10.7 Å². The molecule has 0 radical (unpaired) electrons. The van der Waals surface area contributed by atoms with Crippen molar-refractivity contribution in [1.29, 1.82) is 0 Å². The van der Waals surface area contributed by atoms with Crippen molar-refractivity contribution in [2.45, 2.75) is 27.4 Å². The number of rotatable bonds is 8. The molecule has 0 fully saturated rings. The average Bonchev–Trinajstić information content (AvgIpc) is 2.63. The van der Waals surface area contributed by atoms with Crippen molar-refractivity contribution >= 4 is 46.1 Å². The van der Waals surface area contributed by atoms with E-state index in [1.807, 2.05) is 26.0 Å². The standard InChI is InChI=1S/C20H24IN3O2S/c1-4-22-20(27)24-23-12-16-10-17(21)19(18(11-16)25-5-2)26-13-15-8-6-14(3)7-9-15/h6-12H,4-5,13H2,1-3H3,(H2,22,24,27)/b23-12-. The number of ether oxygens (including phenoxy) is 2. The second kappa shape index (κ2) is 11.1. The predicted molar refractivity (Wildman–Crippen MR) is 123 cm³/mol. The highest BCUT2D eigenvalue weighted by Crippen LogP contribution is 2.34. The highest BCUT2D eigenvalue weighted by molar-refractivity contribution is 14.1. The largest absolute Gasteiger partial charge is 0.490 e. The molecule has 0 aromatic heterocycles. The zero-order valence-electron chi connectivity index (χ0n) is 15.7. The van der Waals surface area contributed by atoms with Gasteiger partial charge in [0, 0.05) is 6.54 Å². The van der Waals surface area contributed by atoms with Crippen molar-refractivity contribution in [2.24, 2.45) is 5.10 Å². The summed E-state index contributed by atoms with van der Waals surface area (Å²) in [5, 5.41) is 7.63. The van der Waals surface area contributed by atoms with Crippen LogP contribution in [0.15, 0.2) is 41.5 Å². The number of benzene rings is 2. The van der Waals surface area contributed by atoms with Crippen LogP contribution in [0.2, 0.25) is 0 Å². The number of hydrogen-bond donors (Lipinski definition) is 2. The summed E-state index contributed by atoms with van der Waals surface area (Å²) in [6.07, 6.45) is 1.71. The van der Waals surface area contributed by atoms with Crippen molar-refractivity contribution in [2.75, 3.05) is 13.2 Å². The fraction of sp³-hybridized carbons (Fsp3) is 0.300. The molecule has 0 saturated heterocycles. The van der Waals surface area contributed by atoms with Gasteiger partial charge < -0.3 is 14.8 Å². The lowest BCUT2D eigenvalue weighted by Gasteiger charge is -2.15. The third-order valence-electron chi connectivity index (χ3n) is 3.55. The van der Waals surface area contributed by atoms with Gasteiger partial charge in [-0.15, -0.1) is 0 Å². The van der Waals surface area contributed by atoms with Gasteiger partial charge in [0.2, 0.25) is 0 Å². The molecule has 0 aliphatic heterocycles. The van der Waals surface area contributed by atoms with Crippen LogP contribution in [0.1, 0.15) is 30.5 Å². The Bertz CT molecular complexity index is 795. The highest BCUT2D eigenvalue weighted by Gasteiger charge is 2.12. The van der Waals surface area contributed by atoms with E-state index in [0.717, 1.165) is 27.0 Å². The molecular weight excluding hydrogens is 473 g/mol. The molecule has 27 heavy (non-hydrogen) atoms. The molecule has 0 heterocycles. The molecule has 0 unspecified atom stereocenters. The molecule has 2 rings (SSSR count). The second-order valence-electron chi connectivity index (χ2n) is 5.77. The van der Waals surface area contributed by atoms with Crippen molar-refractivity contribution in [3.8, 4) is 11.5 Å². The fourth-order valence-corrected chi connectivity index (χ4v) is 3.25. The van der Waals surface area contributed by atoms with Crippen molar-refractivity contribution in [3.05, 3.63) is 56.7 Å². The Balaban J connectivity index is 2.13. The van der Waals surface area contributed by atoms with Crippen LogP contribution >= 0.6 is 34.8 Å². The van der Waals surface area contributed by atoms with Gasteiger partial charge in [-0.25, -0.2) is 0 Å². The SMILES string of the molecule is CCNC(=S)N/N=C\c1cc(I)c(OCc2ccc(C)cc2)c(OCC)c1. The smallest absolute Gasteiger partial charge is 0.186 e. The van der Waals surface area contributed by atoms with Crippen LogP contribution in [0, 0.1) is 10.5 Å². The van der Waals surface area contributed by atoms with Crippen LogP contribution in [-0.4, -0.2) is 24.5 Å². The molecule has 2 N–H and O–H groups in total. The highest BCUT2D eigenvalue weighted by atomic mass is 127. The average molecular weight is 497 g/mol. The Morgan fingerprint density at radius 1 is 1.19 bits per heavy atom. The van der Waals surface area contributed by atoms with Gasteiger partial charge in [0.1, 0.15) is 6.61 Å². The van der Waals surface area contributed by atoms with Crippen LogP contribution < -0.4 is 20.2 Å². The summed E-state index contributed by atoms with van der Waals surface area (Å²) in [5.41, 5.74) is 6.03. The summed E-state index contributed by atoms with van der Waals surface area (Å²) in [5.74, 6) is 1.44. The Kier molecular flexibility index (Phi) is 8.80. The minimum Gasteiger partial charge on any atom is -0.490 e. The zero-order valence-corrected chi connectivity index (χ0v) is 18.7. The molecule has 0 amide bonds. The van der Waals surface area contributed by atoms with Crippen molar-refractivity contribution in [3.63, 3.8) is 0 Å². The van der Waals surface area contributed by atoms with Gasteiger partial charge in [-0.3, -0.25) is 5.43 Å². The lowest BCUT2D eigenvalue weighted by atomic mass is 10.2. The number of hydrazone groups is 1. The number of aryl methyl sites for hydroxylation is 1. The molecule has 0 spiro atoms. The molecule has 5 nitrogen and oxygen atoms in total. The third kappa shape index (κ3) is 6.99. The molecule has 2 aromatic carbocycles. The van der Waals surface area contributed by atoms with Gasteiger partial charge >= 0.3 is 0 Å². The molecule has 144 valence electrons. The number of nitrogens with zero attached hydrogens (tertiary/aromatic N) is 1. The summed E-state index contributed by atoms with van der Waals surface area (Å²) >= 11 is 7.34. The molecule has 0 aliphatic rings. The van der Waals surface area contributed by atoms with Crippen LogP contribution in [0.3, 0.4) is 0 Å². The predicted octanol–water partition coefficient (Wildman–Crippen LogP) is 4.40. The van der Waals surface area contributed by atoms with E-state index in [0.29, 0.717) is 24.1 Å². The van der Waals surface area contributed by atoms with E-state index in [1.165, 1.54) is 5.56 Å². The minimum atomic E-state index is 0.488. The monoisotopic (exact) mass is 497 g/mol. The van der Waals surface area contributed by atoms with Gasteiger partial charge in [0.05, 0.1) is 16.4 Å². The summed E-state index contributed by atoms with van der Waals surface area (Å²) in [4.78, 5) is 0. The Morgan fingerprint density at radius 2 is 1.93 bits per heavy atom. The molecule has 0 saturated carbocycles. The van der Waals surface area contributed by atoms with Gasteiger partial charge in [0.15, 0.2) is 16.6 Å². The number of hydrogen-bond acceptors (Lipinski definition) is 4. The van der Waals surface area contributed by atoms with Crippen LogP contribution in [0.25, 0.3) is 0 Å². The second-order valence-corrected chi connectivity index (χ2v) is 7.34. The lowest BCUT2D eigenvalue weighted by Crippen LogP contribution is -2.31. The van der Waals surface area contributed by atoms with E-state index in [1.54, 1.807) is 6.21 Å². The maximum atomic E-state index is 6.05. The number of halogens is 1. The molecule has 0 bridgehead atoms. The quantitative estimate of drug-likeness (QED) is 0.245. The molecule has 2 aromatic rings.